The molecule has 0 aliphatic carbocycles. The molecule has 8 nitrogen and oxygen atoms in total. The second kappa shape index (κ2) is 10.1. The topological polar surface area (TPSA) is 136 Å². The number of fused-ring (bicyclic) bond motifs is 1. The van der Waals surface area contributed by atoms with E-state index >= 15 is 0 Å². The second-order valence-corrected chi connectivity index (χ2v) is 16.3. The molecule has 1 unspecified atom stereocenters. The first kappa shape index (κ1) is 28.9. The third-order valence-electron chi connectivity index (χ3n) is 7.03. The lowest BCUT2D eigenvalue weighted by Gasteiger charge is -2.24. The zero-order valence-corrected chi connectivity index (χ0v) is 24.3. The van der Waals surface area contributed by atoms with Crippen molar-refractivity contribution in [3.05, 3.63) is 95.7 Å². The van der Waals surface area contributed by atoms with E-state index in [1.165, 1.54) is 30.5 Å². The average molecular weight is 588 g/mol. The Morgan fingerprint density at radius 2 is 1.51 bits per heavy atom. The molecule has 0 spiro atoms. The number of benzene rings is 3. The normalized spacial score (nSPS) is 13.9. The van der Waals surface area contributed by atoms with E-state index in [0.29, 0.717) is 27.8 Å². The van der Waals surface area contributed by atoms with Gasteiger partial charge in [-0.3, -0.25) is 9.54 Å². The molecule has 206 valence electrons. The van der Waals surface area contributed by atoms with Crippen molar-refractivity contribution in [1.29, 1.82) is 0 Å². The van der Waals surface area contributed by atoms with Gasteiger partial charge in [-0.15, -0.1) is 0 Å². The number of hydrogen-bond acceptors (Lipinski definition) is 7. The Balaban J connectivity index is 1.81. The summed E-state index contributed by atoms with van der Waals surface area (Å²) in [7, 11) is -11.5. The fraction of sp³-hybridized carbons (Fsp3) is 0.250. The van der Waals surface area contributed by atoms with E-state index in [9.17, 15) is 29.8 Å². The van der Waals surface area contributed by atoms with Crippen LogP contribution in [0.5, 0.6) is 0 Å². The Bertz CT molecular complexity index is 1880. The van der Waals surface area contributed by atoms with Gasteiger partial charge in [-0.25, -0.2) is 16.8 Å². The highest BCUT2D eigenvalue weighted by molar-refractivity contribution is 7.91. The molecule has 0 fully saturated rings. The monoisotopic (exact) mass is 587 g/mol. The van der Waals surface area contributed by atoms with E-state index in [0.717, 1.165) is 11.6 Å². The lowest BCUT2D eigenvalue weighted by molar-refractivity contribution is 0.467. The van der Waals surface area contributed by atoms with Crippen molar-refractivity contribution in [2.24, 2.45) is 0 Å². The summed E-state index contributed by atoms with van der Waals surface area (Å²) in [5.41, 5.74) is 3.48. The Morgan fingerprint density at radius 1 is 0.846 bits per heavy atom. The highest BCUT2D eigenvalue weighted by Gasteiger charge is 2.33. The van der Waals surface area contributed by atoms with E-state index in [-0.39, 0.29) is 16.9 Å². The van der Waals surface area contributed by atoms with Crippen LogP contribution in [0.1, 0.15) is 35.8 Å². The van der Waals surface area contributed by atoms with Gasteiger partial charge in [-0.1, -0.05) is 42.5 Å². The molecule has 39 heavy (non-hydrogen) atoms. The van der Waals surface area contributed by atoms with Crippen molar-refractivity contribution in [3.63, 3.8) is 0 Å². The molecule has 4 aromatic rings. The van der Waals surface area contributed by atoms with Gasteiger partial charge in [0.1, 0.15) is 5.25 Å². The van der Waals surface area contributed by atoms with Crippen LogP contribution in [0.25, 0.3) is 22.0 Å². The molecule has 0 radical (unpaired) electrons. The summed E-state index contributed by atoms with van der Waals surface area (Å²) >= 11 is 0. The fourth-order valence-electron chi connectivity index (χ4n) is 4.38. The van der Waals surface area contributed by atoms with Crippen molar-refractivity contribution in [2.75, 3.05) is 12.5 Å². The van der Waals surface area contributed by atoms with E-state index < -0.39 is 39.8 Å². The summed E-state index contributed by atoms with van der Waals surface area (Å²) in [5.74, 6) is 0. The third-order valence-corrected chi connectivity index (χ3v) is 11.4. The maximum atomic E-state index is 12.6. The van der Waals surface area contributed by atoms with E-state index in [4.69, 9.17) is 0 Å². The largest absolute Gasteiger partial charge is 0.285 e. The first-order valence-electron chi connectivity index (χ1n) is 11.9. The van der Waals surface area contributed by atoms with Gasteiger partial charge in [0.25, 0.3) is 10.1 Å². The summed E-state index contributed by atoms with van der Waals surface area (Å²) in [5, 5.41) is -0.569. The number of rotatable bonds is 8. The van der Waals surface area contributed by atoms with Crippen LogP contribution >= 0.6 is 0 Å². The molecule has 1 N–H and O–H groups in total. The Hall–Kier alpha value is -3.12. The van der Waals surface area contributed by atoms with Crippen LogP contribution in [-0.4, -0.2) is 47.3 Å². The fourth-order valence-corrected chi connectivity index (χ4v) is 6.46. The predicted octanol–water partition coefficient (Wildman–Crippen LogP) is 4.76. The summed E-state index contributed by atoms with van der Waals surface area (Å²) in [6, 6.07) is 19.7. The zero-order chi connectivity index (χ0) is 28.8. The van der Waals surface area contributed by atoms with Crippen molar-refractivity contribution in [3.8, 4) is 11.1 Å². The van der Waals surface area contributed by atoms with Crippen LogP contribution in [0.4, 0.5) is 0 Å². The van der Waals surface area contributed by atoms with Crippen LogP contribution < -0.4 is 0 Å². The number of pyridine rings is 1. The number of hydrogen-bond donors (Lipinski definition) is 1. The summed E-state index contributed by atoms with van der Waals surface area (Å²) in [6.45, 7) is 3.29. The van der Waals surface area contributed by atoms with Gasteiger partial charge >= 0.3 is 0 Å². The quantitative estimate of drug-likeness (QED) is 0.292. The minimum absolute atomic E-state index is 0.0404. The molecule has 1 aromatic heterocycles. The van der Waals surface area contributed by atoms with E-state index in [2.05, 4.69) is 4.98 Å². The van der Waals surface area contributed by atoms with E-state index in [1.54, 1.807) is 50.4 Å². The van der Waals surface area contributed by atoms with Gasteiger partial charge in [0.05, 0.1) is 15.2 Å². The SMILES string of the molecule is CC(C)(c1cc(-c2cccc(CC(c3ccc(S(C)(=O)=O)cc3)S(=O)(=O)O)c2)c2ncccc2c1)S(C)(=O)=O. The van der Waals surface area contributed by atoms with Crippen molar-refractivity contribution in [1.82, 2.24) is 4.98 Å². The highest BCUT2D eigenvalue weighted by atomic mass is 32.2. The smallest absolute Gasteiger partial charge is 0.272 e. The van der Waals surface area contributed by atoms with Crippen LogP contribution in [-0.2, 0) is 41.0 Å². The molecule has 3 aromatic carbocycles. The highest BCUT2D eigenvalue weighted by Crippen LogP contribution is 2.37. The Labute approximate surface area is 229 Å². The standard InChI is InChI=1S/C28H29NO7S3/c1-28(2,38(4,32)33)23-17-22-9-6-14-29-27(22)25(18-23)21-8-5-7-19(15-21)16-26(39(34,35)36)20-10-12-24(13-11-20)37(3,30)31/h5-15,17-18,26H,16H2,1-4H3,(H,34,35,36). The molecule has 0 saturated carbocycles. The van der Waals surface area contributed by atoms with Crippen molar-refractivity contribution in [2.45, 2.75) is 35.2 Å². The molecular formula is C28H29NO7S3. The molecule has 0 aliphatic rings. The maximum absolute atomic E-state index is 12.6. The van der Waals surface area contributed by atoms with Gasteiger partial charge in [0.15, 0.2) is 19.7 Å². The molecule has 1 atom stereocenters. The lowest BCUT2D eigenvalue weighted by atomic mass is 9.92. The lowest BCUT2D eigenvalue weighted by Crippen LogP contribution is -2.28. The van der Waals surface area contributed by atoms with Crippen LogP contribution in [0.3, 0.4) is 0 Å². The summed E-state index contributed by atoms with van der Waals surface area (Å²) < 4.78 is 82.4. The Morgan fingerprint density at radius 3 is 2.10 bits per heavy atom. The average Bonchev–Trinajstić information content (AvgIpc) is 2.85. The first-order valence-corrected chi connectivity index (χ1v) is 17.2. The number of aromatic nitrogens is 1. The van der Waals surface area contributed by atoms with Crippen molar-refractivity contribution < 1.29 is 29.8 Å². The van der Waals surface area contributed by atoms with Crippen LogP contribution in [0.15, 0.2) is 83.9 Å². The molecule has 0 bridgehead atoms. The van der Waals surface area contributed by atoms with Gasteiger partial charge in [0, 0.05) is 29.7 Å². The summed E-state index contributed by atoms with van der Waals surface area (Å²) in [4.78, 5) is 4.55. The van der Waals surface area contributed by atoms with E-state index in [1.807, 2.05) is 18.2 Å². The molecule has 0 aliphatic heterocycles. The molecule has 1 heterocycles. The van der Waals surface area contributed by atoms with Crippen LogP contribution in [0.2, 0.25) is 0 Å². The molecule has 0 saturated heterocycles. The zero-order valence-electron chi connectivity index (χ0n) is 21.9. The number of nitrogens with zero attached hydrogens (tertiary/aromatic N) is 1. The van der Waals surface area contributed by atoms with Crippen LogP contribution in [0, 0.1) is 0 Å². The third kappa shape index (κ3) is 6.06. The van der Waals surface area contributed by atoms with Gasteiger partial charge in [-0.05, 0) is 72.9 Å². The Kier molecular flexibility index (Phi) is 7.50. The molecule has 4 rings (SSSR count). The first-order chi connectivity index (χ1) is 18.0. The summed E-state index contributed by atoms with van der Waals surface area (Å²) in [6.07, 6.45) is 3.81. The van der Waals surface area contributed by atoms with Gasteiger partial charge < -0.3 is 0 Å². The second-order valence-electron chi connectivity index (χ2n) is 10.1. The van der Waals surface area contributed by atoms with Gasteiger partial charge in [0.2, 0.25) is 0 Å². The molecule has 11 heteroatoms. The minimum atomic E-state index is -4.55. The minimum Gasteiger partial charge on any atom is -0.285 e. The predicted molar refractivity (Wildman–Crippen MR) is 153 cm³/mol. The van der Waals surface area contributed by atoms with Crippen molar-refractivity contribution >= 4 is 40.7 Å². The molecular weight excluding hydrogens is 559 g/mol. The van der Waals surface area contributed by atoms with Gasteiger partial charge in [-0.2, -0.15) is 8.42 Å². The number of sulfone groups is 2. The maximum Gasteiger partial charge on any atom is 0.272 e. The molecule has 0 amide bonds.